The van der Waals surface area contributed by atoms with Crippen molar-refractivity contribution in [3.05, 3.63) is 35.7 Å². The smallest absolute Gasteiger partial charge is 0.413 e. The fourth-order valence-electron chi connectivity index (χ4n) is 2.54. The van der Waals surface area contributed by atoms with E-state index in [1.807, 2.05) is 0 Å². The normalized spacial score (nSPS) is 15.2. The van der Waals surface area contributed by atoms with Gasteiger partial charge < -0.3 is 19.0 Å². The standard InChI is InChI=1S/C16H17F3N4O3/c1-22(15(24)23-6-8-25-9-7-23)10-11-2-4-12(5-3-11)13-20-21-14(26-13)16(17,18)19/h2-5H,6-10H2,1H3. The van der Waals surface area contributed by atoms with Gasteiger partial charge in [0.1, 0.15) is 0 Å². The van der Waals surface area contributed by atoms with E-state index in [9.17, 15) is 18.0 Å². The first-order valence-corrected chi connectivity index (χ1v) is 7.92. The molecule has 0 spiro atoms. The number of halogens is 3. The second-order valence-corrected chi connectivity index (χ2v) is 5.85. The van der Waals surface area contributed by atoms with E-state index in [4.69, 9.17) is 4.74 Å². The lowest BCUT2D eigenvalue weighted by Crippen LogP contribution is -2.46. The molecule has 0 saturated carbocycles. The number of amides is 2. The zero-order valence-electron chi connectivity index (χ0n) is 14.0. The van der Waals surface area contributed by atoms with Crippen molar-refractivity contribution >= 4 is 6.03 Å². The van der Waals surface area contributed by atoms with Crippen LogP contribution in [-0.4, -0.2) is 59.4 Å². The number of morpholine rings is 1. The lowest BCUT2D eigenvalue weighted by Gasteiger charge is -2.31. The fraction of sp³-hybridized carbons (Fsp3) is 0.438. The maximum atomic E-state index is 12.5. The van der Waals surface area contributed by atoms with E-state index >= 15 is 0 Å². The number of benzene rings is 1. The summed E-state index contributed by atoms with van der Waals surface area (Å²) in [5.74, 6) is -1.59. The van der Waals surface area contributed by atoms with Crippen molar-refractivity contribution in [1.82, 2.24) is 20.0 Å². The second-order valence-electron chi connectivity index (χ2n) is 5.85. The number of urea groups is 1. The van der Waals surface area contributed by atoms with Crippen LogP contribution in [0.5, 0.6) is 0 Å². The Morgan fingerprint density at radius 1 is 1.19 bits per heavy atom. The largest absolute Gasteiger partial charge is 0.470 e. The summed E-state index contributed by atoms with van der Waals surface area (Å²) in [5.41, 5.74) is 1.20. The van der Waals surface area contributed by atoms with Crippen molar-refractivity contribution < 1.29 is 27.1 Å². The molecule has 2 aromatic rings. The van der Waals surface area contributed by atoms with E-state index in [2.05, 4.69) is 14.6 Å². The average molecular weight is 370 g/mol. The minimum atomic E-state index is -4.67. The number of carbonyl (C=O) groups is 1. The van der Waals surface area contributed by atoms with Gasteiger partial charge in [-0.05, 0) is 17.7 Å². The Labute approximate surface area is 147 Å². The van der Waals surface area contributed by atoms with Gasteiger partial charge >= 0.3 is 18.1 Å². The summed E-state index contributed by atoms with van der Waals surface area (Å²) < 4.78 is 47.4. The SMILES string of the molecule is CN(Cc1ccc(-c2nnc(C(F)(F)F)o2)cc1)C(=O)N1CCOCC1. The summed E-state index contributed by atoms with van der Waals surface area (Å²) in [5, 5.41) is 6.41. The number of aromatic nitrogens is 2. The summed E-state index contributed by atoms with van der Waals surface area (Å²) in [6.07, 6.45) is -4.67. The quantitative estimate of drug-likeness (QED) is 0.831. The van der Waals surface area contributed by atoms with Gasteiger partial charge in [0, 0.05) is 32.2 Å². The molecule has 1 aliphatic rings. The highest BCUT2D eigenvalue weighted by atomic mass is 19.4. The fourth-order valence-corrected chi connectivity index (χ4v) is 2.54. The van der Waals surface area contributed by atoms with Crippen LogP contribution in [-0.2, 0) is 17.5 Å². The molecule has 0 unspecified atom stereocenters. The molecule has 0 atom stereocenters. The predicted molar refractivity (Wildman–Crippen MR) is 84.0 cm³/mol. The van der Waals surface area contributed by atoms with Gasteiger partial charge in [-0.25, -0.2) is 4.79 Å². The molecule has 1 aromatic carbocycles. The van der Waals surface area contributed by atoms with Crippen LogP contribution in [0.4, 0.5) is 18.0 Å². The number of rotatable bonds is 3. The molecular formula is C16H17F3N4O3. The van der Waals surface area contributed by atoms with Crippen LogP contribution in [0, 0.1) is 0 Å². The van der Waals surface area contributed by atoms with Gasteiger partial charge in [0.2, 0.25) is 5.89 Å². The Balaban J connectivity index is 1.64. The molecule has 0 N–H and O–H groups in total. The van der Waals surface area contributed by atoms with Crippen molar-refractivity contribution in [3.8, 4) is 11.5 Å². The van der Waals surface area contributed by atoms with Crippen LogP contribution in [0.25, 0.3) is 11.5 Å². The Kier molecular flexibility index (Phi) is 5.12. The lowest BCUT2D eigenvalue weighted by molar-refractivity contribution is -0.156. The second kappa shape index (κ2) is 7.32. The van der Waals surface area contributed by atoms with Crippen LogP contribution in [0.2, 0.25) is 0 Å². The zero-order chi connectivity index (χ0) is 18.7. The number of carbonyl (C=O) groups excluding carboxylic acids is 1. The van der Waals surface area contributed by atoms with Gasteiger partial charge in [0.25, 0.3) is 0 Å². The molecule has 2 heterocycles. The molecule has 2 amide bonds. The molecule has 1 aromatic heterocycles. The van der Waals surface area contributed by atoms with Crippen LogP contribution in [0.15, 0.2) is 28.7 Å². The third-order valence-corrected chi connectivity index (χ3v) is 3.90. The van der Waals surface area contributed by atoms with Crippen molar-refractivity contribution in [2.75, 3.05) is 33.4 Å². The maximum Gasteiger partial charge on any atom is 0.470 e. The Bertz CT molecular complexity index is 755. The Hall–Kier alpha value is -2.62. The molecule has 0 radical (unpaired) electrons. The van der Waals surface area contributed by atoms with Gasteiger partial charge in [0.15, 0.2) is 0 Å². The van der Waals surface area contributed by atoms with E-state index in [1.54, 1.807) is 41.1 Å². The summed E-state index contributed by atoms with van der Waals surface area (Å²) >= 11 is 0. The zero-order valence-corrected chi connectivity index (χ0v) is 14.0. The Morgan fingerprint density at radius 2 is 1.85 bits per heavy atom. The van der Waals surface area contributed by atoms with Crippen LogP contribution < -0.4 is 0 Å². The van der Waals surface area contributed by atoms with Crippen LogP contribution >= 0.6 is 0 Å². The monoisotopic (exact) mass is 370 g/mol. The van der Waals surface area contributed by atoms with E-state index < -0.39 is 12.1 Å². The molecule has 1 fully saturated rings. The van der Waals surface area contributed by atoms with E-state index in [0.717, 1.165) is 5.56 Å². The van der Waals surface area contributed by atoms with Crippen LogP contribution in [0.1, 0.15) is 11.5 Å². The van der Waals surface area contributed by atoms with Crippen molar-refractivity contribution in [2.45, 2.75) is 12.7 Å². The Morgan fingerprint density at radius 3 is 2.42 bits per heavy atom. The number of nitrogens with zero attached hydrogens (tertiary/aromatic N) is 4. The summed E-state index contributed by atoms with van der Waals surface area (Å²) in [6.45, 7) is 2.53. The summed E-state index contributed by atoms with van der Waals surface area (Å²) in [7, 11) is 1.69. The molecule has 140 valence electrons. The minimum Gasteiger partial charge on any atom is -0.413 e. The van der Waals surface area contributed by atoms with Gasteiger partial charge in [-0.2, -0.15) is 13.2 Å². The van der Waals surface area contributed by atoms with E-state index in [0.29, 0.717) is 38.4 Å². The molecule has 0 bridgehead atoms. The molecule has 3 rings (SSSR count). The van der Waals surface area contributed by atoms with Crippen molar-refractivity contribution in [3.63, 3.8) is 0 Å². The van der Waals surface area contributed by atoms with Crippen LogP contribution in [0.3, 0.4) is 0 Å². The predicted octanol–water partition coefficient (Wildman–Crippen LogP) is 2.64. The number of alkyl halides is 3. The highest BCUT2D eigenvalue weighted by molar-refractivity contribution is 5.74. The third kappa shape index (κ3) is 4.13. The first-order valence-electron chi connectivity index (χ1n) is 7.92. The number of hydrogen-bond donors (Lipinski definition) is 0. The maximum absolute atomic E-state index is 12.5. The van der Waals surface area contributed by atoms with E-state index in [-0.39, 0.29) is 11.9 Å². The average Bonchev–Trinajstić information content (AvgIpc) is 3.13. The summed E-state index contributed by atoms with van der Waals surface area (Å²) in [4.78, 5) is 15.6. The third-order valence-electron chi connectivity index (χ3n) is 3.90. The van der Waals surface area contributed by atoms with Gasteiger partial charge in [-0.1, -0.05) is 12.1 Å². The molecule has 26 heavy (non-hydrogen) atoms. The summed E-state index contributed by atoms with van der Waals surface area (Å²) in [6, 6.07) is 6.47. The molecule has 1 aliphatic heterocycles. The van der Waals surface area contributed by atoms with Gasteiger partial charge in [-0.3, -0.25) is 0 Å². The number of hydrogen-bond acceptors (Lipinski definition) is 5. The van der Waals surface area contributed by atoms with E-state index in [1.165, 1.54) is 0 Å². The highest BCUT2D eigenvalue weighted by Gasteiger charge is 2.38. The molecule has 7 nitrogen and oxygen atoms in total. The highest BCUT2D eigenvalue weighted by Crippen LogP contribution is 2.30. The van der Waals surface area contributed by atoms with Crippen molar-refractivity contribution in [2.24, 2.45) is 0 Å². The molecule has 10 heteroatoms. The van der Waals surface area contributed by atoms with Gasteiger partial charge in [0.05, 0.1) is 13.2 Å². The minimum absolute atomic E-state index is 0.0934. The topological polar surface area (TPSA) is 71.7 Å². The molecule has 0 aliphatic carbocycles. The van der Waals surface area contributed by atoms with Crippen molar-refractivity contribution in [1.29, 1.82) is 0 Å². The first kappa shape index (κ1) is 18.2. The molecule has 1 saturated heterocycles. The first-order chi connectivity index (χ1) is 12.3. The molecular weight excluding hydrogens is 353 g/mol. The number of ether oxygens (including phenoxy) is 1. The van der Waals surface area contributed by atoms with Gasteiger partial charge in [-0.15, -0.1) is 10.2 Å². The lowest BCUT2D eigenvalue weighted by atomic mass is 10.1.